The first-order valence-corrected chi connectivity index (χ1v) is 5.90. The molecule has 16 heavy (non-hydrogen) atoms. The van der Waals surface area contributed by atoms with Crippen LogP contribution in [0.15, 0.2) is 23.8 Å². The van der Waals surface area contributed by atoms with Crippen LogP contribution in [0, 0.1) is 0 Å². The number of hydrogen-bond donors (Lipinski definition) is 0. The van der Waals surface area contributed by atoms with Gasteiger partial charge in [0.25, 0.3) is 0 Å². The predicted octanol–water partition coefficient (Wildman–Crippen LogP) is 2.77. The molecule has 0 N–H and O–H groups in total. The number of rotatable bonds is 5. The summed E-state index contributed by atoms with van der Waals surface area (Å²) in [6, 6.07) is 0. The van der Waals surface area contributed by atoms with Gasteiger partial charge in [-0.15, -0.1) is 0 Å². The third kappa shape index (κ3) is 5.32. The average Bonchev–Trinajstić information content (AvgIpc) is 2.11. The van der Waals surface area contributed by atoms with Crippen LogP contribution < -0.4 is 0 Å². The first kappa shape index (κ1) is 15.2. The molecule has 0 atom stereocenters. The minimum Gasteiger partial charge on any atom is -0.259 e. The highest BCUT2D eigenvalue weighted by molar-refractivity contribution is 7.87. The van der Waals surface area contributed by atoms with Crippen molar-refractivity contribution in [2.45, 2.75) is 25.8 Å². The fourth-order valence-electron chi connectivity index (χ4n) is 0.820. The molecule has 0 aliphatic rings. The smallest absolute Gasteiger partial charge is 0.259 e. The quantitative estimate of drug-likeness (QED) is 0.432. The van der Waals surface area contributed by atoms with Crippen LogP contribution in [0.25, 0.3) is 0 Å². The molecular weight excluding hydrogens is 245 g/mol. The van der Waals surface area contributed by atoms with Crippen LogP contribution in [-0.4, -0.2) is 20.5 Å². The molecule has 0 fully saturated rings. The summed E-state index contributed by atoms with van der Waals surface area (Å²) in [6.07, 6.45) is 5.34. The van der Waals surface area contributed by atoms with E-state index in [-0.39, 0.29) is 0 Å². The van der Waals surface area contributed by atoms with Gasteiger partial charge in [0.05, 0.1) is 6.61 Å². The SMILES string of the molecule is CC/C=C(C)\C=C/COS(=O)(=O)C(F)(F)F. The maximum Gasteiger partial charge on any atom is 0.523 e. The topological polar surface area (TPSA) is 43.4 Å². The lowest BCUT2D eigenvalue weighted by Gasteiger charge is -2.05. The van der Waals surface area contributed by atoms with Gasteiger partial charge in [0.2, 0.25) is 0 Å². The molecule has 0 unspecified atom stereocenters. The van der Waals surface area contributed by atoms with Crippen molar-refractivity contribution in [3.8, 4) is 0 Å². The fourth-order valence-corrected chi connectivity index (χ4v) is 1.21. The van der Waals surface area contributed by atoms with Gasteiger partial charge in [0.15, 0.2) is 0 Å². The van der Waals surface area contributed by atoms with Crippen molar-refractivity contribution in [3.63, 3.8) is 0 Å². The minimum absolute atomic E-state index is 0.628. The largest absolute Gasteiger partial charge is 0.523 e. The van der Waals surface area contributed by atoms with Crippen LogP contribution in [0.3, 0.4) is 0 Å². The number of halogens is 3. The maximum atomic E-state index is 11.8. The molecule has 7 heteroatoms. The van der Waals surface area contributed by atoms with Crippen LogP contribution in [0.5, 0.6) is 0 Å². The maximum absolute atomic E-state index is 11.8. The standard InChI is InChI=1S/C9H13F3O3S/c1-3-5-8(2)6-4-7-15-16(13,14)9(10,11)12/h4-6H,3,7H2,1-2H3/b6-4-,8-5-. The Morgan fingerprint density at radius 3 is 2.38 bits per heavy atom. The Kier molecular flexibility index (Phi) is 5.74. The van der Waals surface area contributed by atoms with Crippen molar-refractivity contribution in [2.24, 2.45) is 0 Å². The Labute approximate surface area is 92.7 Å². The van der Waals surface area contributed by atoms with Crippen molar-refractivity contribution in [1.82, 2.24) is 0 Å². The molecule has 0 rings (SSSR count). The molecule has 0 amide bonds. The van der Waals surface area contributed by atoms with Crippen LogP contribution >= 0.6 is 0 Å². The molecule has 0 heterocycles. The lowest BCUT2D eigenvalue weighted by atomic mass is 10.2. The number of alkyl halides is 3. The van der Waals surface area contributed by atoms with Crippen LogP contribution in [0.4, 0.5) is 13.2 Å². The molecule has 0 radical (unpaired) electrons. The summed E-state index contributed by atoms with van der Waals surface area (Å²) in [4.78, 5) is 0. The third-order valence-electron chi connectivity index (χ3n) is 1.51. The minimum atomic E-state index is -5.48. The summed E-state index contributed by atoms with van der Waals surface area (Å²) in [6.45, 7) is 3.02. The highest BCUT2D eigenvalue weighted by atomic mass is 32.2. The van der Waals surface area contributed by atoms with Gasteiger partial charge in [0.1, 0.15) is 0 Å². The predicted molar refractivity (Wildman–Crippen MR) is 54.1 cm³/mol. The monoisotopic (exact) mass is 258 g/mol. The van der Waals surface area contributed by atoms with E-state index in [2.05, 4.69) is 4.18 Å². The Morgan fingerprint density at radius 1 is 1.38 bits per heavy atom. The third-order valence-corrected chi connectivity index (χ3v) is 2.52. The number of allylic oxidation sites excluding steroid dienone is 3. The Hall–Kier alpha value is -0.820. The van der Waals surface area contributed by atoms with Crippen LogP contribution in [-0.2, 0) is 14.3 Å². The molecule has 0 saturated carbocycles. The zero-order valence-corrected chi connectivity index (χ0v) is 9.73. The molecule has 0 spiro atoms. The Bertz CT molecular complexity index is 366. The first-order valence-electron chi connectivity index (χ1n) is 4.49. The second-order valence-corrected chi connectivity index (χ2v) is 4.55. The van der Waals surface area contributed by atoms with Crippen molar-refractivity contribution >= 4 is 10.1 Å². The first-order chi connectivity index (χ1) is 7.20. The van der Waals surface area contributed by atoms with E-state index in [4.69, 9.17) is 0 Å². The van der Waals surface area contributed by atoms with Gasteiger partial charge < -0.3 is 0 Å². The zero-order chi connectivity index (χ0) is 12.8. The fraction of sp³-hybridized carbons (Fsp3) is 0.556. The van der Waals surface area contributed by atoms with Crippen molar-refractivity contribution < 1.29 is 25.8 Å². The lowest BCUT2D eigenvalue weighted by Crippen LogP contribution is -2.25. The van der Waals surface area contributed by atoms with Crippen LogP contribution in [0.2, 0.25) is 0 Å². The zero-order valence-electron chi connectivity index (χ0n) is 8.91. The van der Waals surface area contributed by atoms with Crippen molar-refractivity contribution in [1.29, 1.82) is 0 Å². The normalized spacial score (nSPS) is 14.7. The summed E-state index contributed by atoms with van der Waals surface area (Å²) in [5.41, 5.74) is -4.54. The van der Waals surface area contributed by atoms with Gasteiger partial charge >= 0.3 is 15.6 Å². The van der Waals surface area contributed by atoms with Gasteiger partial charge in [-0.2, -0.15) is 21.6 Å². The van der Waals surface area contributed by atoms with E-state index >= 15 is 0 Å². The summed E-state index contributed by atoms with van der Waals surface area (Å²) in [5.74, 6) is 0. The molecule has 0 aromatic carbocycles. The van der Waals surface area contributed by atoms with E-state index < -0.39 is 22.2 Å². The Morgan fingerprint density at radius 2 is 1.94 bits per heavy atom. The molecule has 0 aromatic heterocycles. The summed E-state index contributed by atoms with van der Waals surface area (Å²) < 4.78 is 60.0. The van der Waals surface area contributed by atoms with Crippen molar-refractivity contribution in [2.75, 3.05) is 6.61 Å². The van der Waals surface area contributed by atoms with E-state index in [1.807, 2.05) is 13.0 Å². The van der Waals surface area contributed by atoms with Gasteiger partial charge in [-0.1, -0.05) is 30.7 Å². The Balaban J connectivity index is 4.25. The van der Waals surface area contributed by atoms with E-state index in [1.54, 1.807) is 6.92 Å². The summed E-state index contributed by atoms with van der Waals surface area (Å²) in [5, 5.41) is 0. The van der Waals surface area contributed by atoms with Crippen LogP contribution in [0.1, 0.15) is 20.3 Å². The van der Waals surface area contributed by atoms with E-state index in [9.17, 15) is 21.6 Å². The van der Waals surface area contributed by atoms with Gasteiger partial charge in [-0.05, 0) is 13.3 Å². The molecule has 0 aliphatic carbocycles. The van der Waals surface area contributed by atoms with Gasteiger partial charge in [-0.25, -0.2) is 0 Å². The van der Waals surface area contributed by atoms with E-state index in [1.165, 1.54) is 12.2 Å². The van der Waals surface area contributed by atoms with Gasteiger partial charge in [-0.3, -0.25) is 4.18 Å². The van der Waals surface area contributed by atoms with E-state index in [0.717, 1.165) is 12.0 Å². The second kappa shape index (κ2) is 6.05. The molecule has 0 saturated heterocycles. The average molecular weight is 258 g/mol. The molecule has 0 aromatic rings. The highest BCUT2D eigenvalue weighted by Gasteiger charge is 2.47. The molecule has 94 valence electrons. The second-order valence-electron chi connectivity index (χ2n) is 2.94. The molecule has 0 aliphatic heterocycles. The summed E-state index contributed by atoms with van der Waals surface area (Å²) in [7, 11) is -5.48. The molecular formula is C9H13F3O3S. The van der Waals surface area contributed by atoms with Gasteiger partial charge in [0, 0.05) is 0 Å². The van der Waals surface area contributed by atoms with Crippen molar-refractivity contribution in [3.05, 3.63) is 23.8 Å². The van der Waals surface area contributed by atoms with E-state index in [0.29, 0.717) is 0 Å². The molecule has 3 nitrogen and oxygen atoms in total. The molecule has 0 bridgehead atoms. The lowest BCUT2D eigenvalue weighted by molar-refractivity contribution is -0.0535. The summed E-state index contributed by atoms with van der Waals surface area (Å²) >= 11 is 0. The number of hydrogen-bond acceptors (Lipinski definition) is 3. The highest BCUT2D eigenvalue weighted by Crippen LogP contribution is 2.24.